The molecule has 6 heteroatoms. The first-order valence-corrected chi connectivity index (χ1v) is 8.26. The number of nitrogens with zero attached hydrogens (tertiary/aromatic N) is 5. The van der Waals surface area contributed by atoms with E-state index in [-0.39, 0.29) is 6.17 Å². The van der Waals surface area contributed by atoms with E-state index in [1.807, 2.05) is 19.2 Å². The normalized spacial score (nSPS) is 16.8. The molecule has 5 rings (SSSR count). The highest BCUT2D eigenvalue weighted by molar-refractivity contribution is 6.09. The van der Waals surface area contributed by atoms with Gasteiger partial charge in [-0.15, -0.1) is 0 Å². The van der Waals surface area contributed by atoms with Crippen molar-refractivity contribution in [2.75, 3.05) is 16.8 Å². The van der Waals surface area contributed by atoms with Crippen LogP contribution in [0.1, 0.15) is 12.5 Å². The SMILES string of the molecule is Cc1ccc2c(oc3ncccc32)c1N1c2nccnc2N(C)C1C. The number of pyridine rings is 1. The molecule has 4 heterocycles. The zero-order valence-corrected chi connectivity index (χ0v) is 14.3. The molecule has 0 aliphatic carbocycles. The average molecular weight is 331 g/mol. The molecule has 1 aromatic carbocycles. The van der Waals surface area contributed by atoms with Crippen LogP contribution in [0.25, 0.3) is 22.1 Å². The van der Waals surface area contributed by atoms with Crippen LogP contribution in [-0.2, 0) is 0 Å². The maximum atomic E-state index is 6.16. The van der Waals surface area contributed by atoms with E-state index in [4.69, 9.17) is 4.42 Å². The Morgan fingerprint density at radius 1 is 0.960 bits per heavy atom. The summed E-state index contributed by atoms with van der Waals surface area (Å²) in [5.41, 5.74) is 3.65. The third-order valence-electron chi connectivity index (χ3n) is 4.99. The van der Waals surface area contributed by atoms with Crippen molar-refractivity contribution in [3.63, 3.8) is 0 Å². The highest BCUT2D eigenvalue weighted by Gasteiger charge is 2.36. The molecular weight excluding hydrogens is 314 g/mol. The Kier molecular flexibility index (Phi) is 2.80. The van der Waals surface area contributed by atoms with Crippen molar-refractivity contribution in [2.45, 2.75) is 20.0 Å². The second-order valence-corrected chi connectivity index (χ2v) is 6.38. The van der Waals surface area contributed by atoms with Crippen LogP contribution in [0, 0.1) is 6.92 Å². The summed E-state index contributed by atoms with van der Waals surface area (Å²) in [6.45, 7) is 4.24. The lowest BCUT2D eigenvalue weighted by atomic mass is 10.1. The molecule has 4 aromatic rings. The van der Waals surface area contributed by atoms with E-state index in [0.29, 0.717) is 5.71 Å². The quantitative estimate of drug-likeness (QED) is 0.525. The number of aryl methyl sites for hydroxylation is 1. The molecule has 0 fully saturated rings. The van der Waals surface area contributed by atoms with Gasteiger partial charge in [0.05, 0.1) is 5.69 Å². The number of hydrogen-bond acceptors (Lipinski definition) is 6. The van der Waals surface area contributed by atoms with Gasteiger partial charge < -0.3 is 9.32 Å². The topological polar surface area (TPSA) is 58.3 Å². The summed E-state index contributed by atoms with van der Waals surface area (Å²) in [7, 11) is 2.04. The largest absolute Gasteiger partial charge is 0.435 e. The van der Waals surface area contributed by atoms with Crippen molar-refractivity contribution in [2.24, 2.45) is 0 Å². The molecular formula is C19H17N5O. The lowest BCUT2D eigenvalue weighted by Crippen LogP contribution is -2.36. The molecule has 0 saturated carbocycles. The molecule has 0 amide bonds. The maximum Gasteiger partial charge on any atom is 0.227 e. The van der Waals surface area contributed by atoms with Crippen LogP contribution in [0.5, 0.6) is 0 Å². The minimum atomic E-state index is 0.0860. The predicted molar refractivity (Wildman–Crippen MR) is 98.3 cm³/mol. The van der Waals surface area contributed by atoms with E-state index >= 15 is 0 Å². The van der Waals surface area contributed by atoms with Gasteiger partial charge in [0.15, 0.2) is 17.2 Å². The van der Waals surface area contributed by atoms with E-state index in [9.17, 15) is 0 Å². The standard InChI is InChI=1S/C19H17N5O/c1-11-6-7-13-14-5-4-8-22-19(14)25-16(13)15(11)24-12(2)23(3)17-18(24)21-10-9-20-17/h4-10,12H,1-3H3. The van der Waals surface area contributed by atoms with Gasteiger partial charge in [0, 0.05) is 36.4 Å². The van der Waals surface area contributed by atoms with Gasteiger partial charge in [0.1, 0.15) is 6.17 Å². The monoisotopic (exact) mass is 331 g/mol. The first-order valence-electron chi connectivity index (χ1n) is 8.26. The van der Waals surface area contributed by atoms with Crippen molar-refractivity contribution in [1.82, 2.24) is 15.0 Å². The Balaban J connectivity index is 1.85. The molecule has 0 N–H and O–H groups in total. The molecule has 6 nitrogen and oxygen atoms in total. The van der Waals surface area contributed by atoms with Crippen LogP contribution >= 0.6 is 0 Å². The third-order valence-corrected chi connectivity index (χ3v) is 4.99. The number of hydrogen-bond donors (Lipinski definition) is 0. The molecule has 0 spiro atoms. The van der Waals surface area contributed by atoms with Crippen molar-refractivity contribution in [3.8, 4) is 0 Å². The van der Waals surface area contributed by atoms with Gasteiger partial charge in [-0.05, 0) is 31.5 Å². The molecule has 1 atom stereocenters. The van der Waals surface area contributed by atoms with Crippen LogP contribution in [0.4, 0.5) is 17.3 Å². The fourth-order valence-corrected chi connectivity index (χ4v) is 3.62. The first kappa shape index (κ1) is 14.2. The average Bonchev–Trinajstić information content (AvgIpc) is 3.12. The summed E-state index contributed by atoms with van der Waals surface area (Å²) in [6.07, 6.45) is 5.30. The Hall–Kier alpha value is -3.15. The van der Waals surface area contributed by atoms with Crippen LogP contribution in [-0.4, -0.2) is 28.2 Å². The fourth-order valence-electron chi connectivity index (χ4n) is 3.62. The third kappa shape index (κ3) is 1.82. The number of aromatic nitrogens is 3. The summed E-state index contributed by atoms with van der Waals surface area (Å²) in [5, 5.41) is 2.09. The Morgan fingerprint density at radius 3 is 2.60 bits per heavy atom. The van der Waals surface area contributed by atoms with Crippen molar-refractivity contribution >= 4 is 39.4 Å². The second-order valence-electron chi connectivity index (χ2n) is 6.38. The predicted octanol–water partition coefficient (Wildman–Crippen LogP) is 4.01. The molecule has 0 radical (unpaired) electrons. The van der Waals surface area contributed by atoms with Gasteiger partial charge in [-0.3, -0.25) is 4.90 Å². The highest BCUT2D eigenvalue weighted by Crippen LogP contribution is 2.45. The van der Waals surface area contributed by atoms with E-state index < -0.39 is 0 Å². The van der Waals surface area contributed by atoms with Gasteiger partial charge in [-0.2, -0.15) is 0 Å². The second kappa shape index (κ2) is 4.92. The molecule has 0 bridgehead atoms. The van der Waals surface area contributed by atoms with Gasteiger partial charge >= 0.3 is 0 Å². The van der Waals surface area contributed by atoms with Crippen LogP contribution in [0.3, 0.4) is 0 Å². The number of anilines is 3. The van der Waals surface area contributed by atoms with E-state index in [2.05, 4.69) is 50.7 Å². The lowest BCUT2D eigenvalue weighted by molar-refractivity contribution is 0.647. The Bertz CT molecular complexity index is 1120. The van der Waals surface area contributed by atoms with Crippen molar-refractivity contribution in [1.29, 1.82) is 0 Å². The molecule has 1 aliphatic rings. The number of furan rings is 1. The van der Waals surface area contributed by atoms with Crippen molar-refractivity contribution in [3.05, 3.63) is 48.4 Å². The molecule has 1 aliphatic heterocycles. The minimum absolute atomic E-state index is 0.0860. The van der Waals surface area contributed by atoms with Gasteiger partial charge in [0.25, 0.3) is 0 Å². The molecule has 1 unspecified atom stereocenters. The van der Waals surface area contributed by atoms with Crippen LogP contribution in [0.2, 0.25) is 0 Å². The smallest absolute Gasteiger partial charge is 0.227 e. The summed E-state index contributed by atoms with van der Waals surface area (Å²) < 4.78 is 6.16. The minimum Gasteiger partial charge on any atom is -0.435 e. The van der Waals surface area contributed by atoms with E-state index in [1.165, 1.54) is 0 Å². The van der Waals surface area contributed by atoms with Crippen LogP contribution < -0.4 is 9.80 Å². The Morgan fingerprint density at radius 2 is 1.76 bits per heavy atom. The summed E-state index contributed by atoms with van der Waals surface area (Å²) in [6, 6.07) is 8.20. The summed E-state index contributed by atoms with van der Waals surface area (Å²) in [5.74, 6) is 1.72. The number of benzene rings is 1. The van der Waals surface area contributed by atoms with E-state index in [0.717, 1.165) is 39.2 Å². The van der Waals surface area contributed by atoms with Gasteiger partial charge in [-0.25, -0.2) is 15.0 Å². The Labute approximate surface area is 144 Å². The molecule has 3 aromatic heterocycles. The highest BCUT2D eigenvalue weighted by atomic mass is 16.3. The summed E-state index contributed by atoms with van der Waals surface area (Å²) in [4.78, 5) is 17.8. The number of fused-ring (bicyclic) bond motifs is 4. The zero-order chi connectivity index (χ0) is 17.1. The van der Waals surface area contributed by atoms with Crippen LogP contribution in [0.15, 0.2) is 47.3 Å². The van der Waals surface area contributed by atoms with Gasteiger partial charge in [-0.1, -0.05) is 12.1 Å². The number of rotatable bonds is 1. The van der Waals surface area contributed by atoms with Gasteiger partial charge in [0.2, 0.25) is 5.71 Å². The first-order chi connectivity index (χ1) is 12.2. The van der Waals surface area contributed by atoms with E-state index in [1.54, 1.807) is 18.6 Å². The lowest BCUT2D eigenvalue weighted by Gasteiger charge is -2.27. The molecule has 0 saturated heterocycles. The maximum absolute atomic E-state index is 6.16. The summed E-state index contributed by atoms with van der Waals surface area (Å²) >= 11 is 0. The zero-order valence-electron chi connectivity index (χ0n) is 14.3. The fraction of sp³-hybridized carbons (Fsp3) is 0.211. The molecule has 124 valence electrons. The van der Waals surface area contributed by atoms with Crippen molar-refractivity contribution < 1.29 is 4.42 Å². The molecule has 25 heavy (non-hydrogen) atoms.